The number of para-hydroxylation sites is 1. The fraction of sp³-hybridized carbons (Fsp3) is 0.483. The van der Waals surface area contributed by atoms with Crippen LogP contribution in [0.5, 0.6) is 5.75 Å². The van der Waals surface area contributed by atoms with Crippen LogP contribution in [0, 0.1) is 0 Å². The van der Waals surface area contributed by atoms with Crippen molar-refractivity contribution in [3.8, 4) is 5.75 Å². The molecule has 0 aliphatic carbocycles. The second kappa shape index (κ2) is 13.9. The van der Waals surface area contributed by atoms with Crippen LogP contribution in [0.1, 0.15) is 87.7 Å². The fourth-order valence-electron chi connectivity index (χ4n) is 4.69. The van der Waals surface area contributed by atoms with Crippen molar-refractivity contribution in [1.29, 1.82) is 0 Å². The van der Waals surface area contributed by atoms with E-state index in [0.717, 1.165) is 11.3 Å². The molecule has 174 valence electrons. The third-order valence-corrected chi connectivity index (χ3v) is 22.3. The summed E-state index contributed by atoms with van der Waals surface area (Å²) in [6, 6.07) is 16.8. The summed E-state index contributed by atoms with van der Waals surface area (Å²) >= 11 is -2.75. The molecule has 0 N–H and O–H groups in total. The Hall–Kier alpha value is -1.55. The summed E-state index contributed by atoms with van der Waals surface area (Å²) in [6.07, 6.45) is 10.2. The molecule has 0 aromatic heterocycles. The van der Waals surface area contributed by atoms with E-state index in [1.807, 2.05) is 12.1 Å². The van der Waals surface area contributed by atoms with Gasteiger partial charge in [0.15, 0.2) is 0 Å². The monoisotopic (exact) mass is 542 g/mol. The predicted octanol–water partition coefficient (Wildman–Crippen LogP) is 8.83. The zero-order valence-corrected chi connectivity index (χ0v) is 23.7. The van der Waals surface area contributed by atoms with E-state index in [2.05, 4.69) is 63.2 Å². The van der Waals surface area contributed by atoms with Crippen LogP contribution in [0.25, 0.3) is 9.67 Å². The maximum atomic E-state index is 11.8. The Morgan fingerprint density at radius 1 is 0.844 bits per heavy atom. The van der Waals surface area contributed by atoms with Crippen molar-refractivity contribution in [2.24, 2.45) is 0 Å². The van der Waals surface area contributed by atoms with Gasteiger partial charge in [0.1, 0.15) is 0 Å². The number of hydrogen-bond donors (Lipinski definition) is 0. The zero-order chi connectivity index (χ0) is 23.4. The summed E-state index contributed by atoms with van der Waals surface area (Å²) < 4.78 is 11.7. The van der Waals surface area contributed by atoms with E-state index < -0.39 is 18.4 Å². The Balaban J connectivity index is 2.71. The second-order valence-electron chi connectivity index (χ2n) is 9.03. The van der Waals surface area contributed by atoms with Gasteiger partial charge in [0, 0.05) is 0 Å². The van der Waals surface area contributed by atoms with Gasteiger partial charge in [-0.2, -0.15) is 0 Å². The predicted molar refractivity (Wildman–Crippen MR) is 142 cm³/mol. The molecule has 0 radical (unpaired) electrons. The van der Waals surface area contributed by atoms with Gasteiger partial charge in [-0.1, -0.05) is 0 Å². The van der Waals surface area contributed by atoms with Crippen molar-refractivity contribution < 1.29 is 9.53 Å². The SMILES string of the molecule is CCC[CH2][Sn]([CH2]CCC)([CH2]CCC)/[C](=C\c1ccc(C(C)=O)cc1)c1ccccc1OC. The number of benzene rings is 2. The molecule has 2 aromatic carbocycles. The molecule has 2 aromatic rings. The molecule has 0 bridgehead atoms. The Morgan fingerprint density at radius 2 is 1.38 bits per heavy atom. The Kier molecular flexibility index (Phi) is 11.6. The van der Waals surface area contributed by atoms with Gasteiger partial charge in [-0.25, -0.2) is 0 Å². The van der Waals surface area contributed by atoms with E-state index >= 15 is 0 Å². The van der Waals surface area contributed by atoms with Gasteiger partial charge in [-0.3, -0.25) is 0 Å². The van der Waals surface area contributed by atoms with Gasteiger partial charge < -0.3 is 0 Å². The molecule has 0 aliphatic heterocycles. The van der Waals surface area contributed by atoms with Crippen molar-refractivity contribution >= 4 is 33.8 Å². The summed E-state index contributed by atoms with van der Waals surface area (Å²) in [5.74, 6) is 1.11. The molecule has 0 aliphatic rings. The van der Waals surface area contributed by atoms with E-state index in [0.29, 0.717) is 0 Å². The van der Waals surface area contributed by atoms with Crippen molar-refractivity contribution in [1.82, 2.24) is 0 Å². The Morgan fingerprint density at radius 3 is 1.84 bits per heavy atom. The van der Waals surface area contributed by atoms with E-state index in [9.17, 15) is 4.79 Å². The average Bonchev–Trinajstić information content (AvgIpc) is 2.83. The molecule has 2 rings (SSSR count). The standard InChI is InChI=1S/C17H15O2.3C4H9.Sn/c1-13(18)15-10-7-14(8-11-15)9-12-16-5-3-4-6-17(16)19-2;3*1-3-4-2;/h3-11H,1-2H3;3*1,3-4H2,2H3;. The van der Waals surface area contributed by atoms with Gasteiger partial charge in [-0.15, -0.1) is 0 Å². The molecule has 0 fully saturated rings. The minimum atomic E-state index is -2.75. The number of carbonyl (C=O) groups excluding carboxylic acids is 1. The molecule has 0 amide bonds. The third-order valence-electron chi connectivity index (χ3n) is 6.62. The molecule has 0 spiro atoms. The topological polar surface area (TPSA) is 26.3 Å². The first kappa shape index (κ1) is 26.7. The first-order valence-electron chi connectivity index (χ1n) is 12.5. The Labute approximate surface area is 200 Å². The number of ether oxygens (including phenoxy) is 1. The number of unbranched alkanes of at least 4 members (excludes halogenated alkanes) is 3. The van der Waals surface area contributed by atoms with Crippen molar-refractivity contribution in [3.63, 3.8) is 0 Å². The van der Waals surface area contributed by atoms with Crippen molar-refractivity contribution in [2.45, 2.75) is 79.5 Å². The number of ketones is 1. The number of hydrogen-bond acceptors (Lipinski definition) is 2. The van der Waals surface area contributed by atoms with Crippen molar-refractivity contribution in [2.75, 3.05) is 7.11 Å². The summed E-state index contributed by atoms with van der Waals surface area (Å²) in [6.45, 7) is 8.60. The Bertz CT molecular complexity index is 845. The van der Waals surface area contributed by atoms with Crippen LogP contribution in [-0.2, 0) is 0 Å². The van der Waals surface area contributed by atoms with Crippen LogP contribution in [0.2, 0.25) is 13.3 Å². The summed E-state index contributed by atoms with van der Waals surface area (Å²) in [4.78, 5) is 11.8. The maximum absolute atomic E-state index is 11.8. The van der Waals surface area contributed by atoms with Gasteiger partial charge in [0.25, 0.3) is 0 Å². The minimum absolute atomic E-state index is 0.118. The van der Waals surface area contributed by atoms with E-state index in [-0.39, 0.29) is 5.78 Å². The van der Waals surface area contributed by atoms with Gasteiger partial charge in [-0.05, 0) is 0 Å². The molecule has 32 heavy (non-hydrogen) atoms. The van der Waals surface area contributed by atoms with Gasteiger partial charge in [0.05, 0.1) is 0 Å². The van der Waals surface area contributed by atoms with Crippen LogP contribution in [0.4, 0.5) is 0 Å². The van der Waals surface area contributed by atoms with Crippen LogP contribution in [-0.4, -0.2) is 31.3 Å². The van der Waals surface area contributed by atoms with E-state index in [1.54, 1.807) is 17.6 Å². The molecule has 3 heteroatoms. The van der Waals surface area contributed by atoms with Crippen LogP contribution in [0.3, 0.4) is 0 Å². The van der Waals surface area contributed by atoms with Gasteiger partial charge >= 0.3 is 201 Å². The first-order valence-corrected chi connectivity index (χ1v) is 20.0. The molecule has 0 heterocycles. The first-order chi connectivity index (χ1) is 15.5. The van der Waals surface area contributed by atoms with Gasteiger partial charge in [0.2, 0.25) is 0 Å². The zero-order valence-electron chi connectivity index (χ0n) is 20.9. The van der Waals surface area contributed by atoms with E-state index in [1.165, 1.54) is 63.0 Å². The molecule has 0 saturated carbocycles. The normalized spacial score (nSPS) is 12.1. The number of Topliss-reactive ketones (excluding diaryl/α,β-unsaturated/α-hetero) is 1. The van der Waals surface area contributed by atoms with Crippen LogP contribution in [0.15, 0.2) is 48.5 Å². The molecule has 2 nitrogen and oxygen atoms in total. The van der Waals surface area contributed by atoms with Crippen molar-refractivity contribution in [3.05, 3.63) is 65.2 Å². The summed E-state index contributed by atoms with van der Waals surface area (Å²) in [5, 5.41) is 0. The fourth-order valence-corrected chi connectivity index (χ4v) is 21.5. The van der Waals surface area contributed by atoms with Crippen LogP contribution < -0.4 is 4.74 Å². The molecular formula is C29H42O2Sn. The summed E-state index contributed by atoms with van der Waals surface area (Å²) in [7, 11) is 1.79. The average molecular weight is 541 g/mol. The molecule has 0 atom stereocenters. The quantitative estimate of drug-likeness (QED) is 0.136. The number of carbonyl (C=O) groups is 1. The number of methoxy groups -OCH3 is 1. The number of rotatable bonds is 14. The van der Waals surface area contributed by atoms with E-state index in [4.69, 9.17) is 4.74 Å². The molecule has 0 unspecified atom stereocenters. The second-order valence-corrected chi connectivity index (χ2v) is 22.2. The molecule has 0 saturated heterocycles. The van der Waals surface area contributed by atoms with Crippen LogP contribution >= 0.6 is 0 Å². The third kappa shape index (κ3) is 7.23. The molecular weight excluding hydrogens is 499 g/mol. The summed E-state index contributed by atoms with van der Waals surface area (Å²) in [5.41, 5.74) is 3.27.